The van der Waals surface area contributed by atoms with Crippen LogP contribution in [-0.2, 0) is 0 Å². The quantitative estimate of drug-likeness (QED) is 0.834. The first-order valence-corrected chi connectivity index (χ1v) is 5.91. The SMILES string of the molecule is NC(=O)c1ccc(OC2CCSC2)nc1. The van der Waals surface area contributed by atoms with Gasteiger partial charge in [0.1, 0.15) is 6.10 Å². The first kappa shape index (κ1) is 10.3. The molecule has 0 saturated carbocycles. The van der Waals surface area contributed by atoms with Crippen molar-refractivity contribution in [2.45, 2.75) is 12.5 Å². The Hall–Kier alpha value is -1.23. The number of carbonyl (C=O) groups excluding carboxylic acids is 1. The minimum atomic E-state index is -0.467. The molecule has 0 spiro atoms. The third-order valence-electron chi connectivity index (χ3n) is 2.20. The van der Waals surface area contributed by atoms with E-state index in [9.17, 15) is 4.79 Å². The molecule has 1 unspecified atom stereocenters. The number of primary amides is 1. The number of aromatic nitrogens is 1. The molecule has 1 aromatic rings. The molecule has 0 aliphatic carbocycles. The summed E-state index contributed by atoms with van der Waals surface area (Å²) in [7, 11) is 0. The third kappa shape index (κ3) is 2.62. The second kappa shape index (κ2) is 4.53. The maximum atomic E-state index is 10.8. The van der Waals surface area contributed by atoms with Crippen molar-refractivity contribution in [2.24, 2.45) is 5.73 Å². The number of rotatable bonds is 3. The lowest BCUT2D eigenvalue weighted by Crippen LogP contribution is -2.16. The van der Waals surface area contributed by atoms with E-state index in [1.54, 1.807) is 12.1 Å². The zero-order chi connectivity index (χ0) is 10.7. The first-order valence-electron chi connectivity index (χ1n) is 4.76. The first-order chi connectivity index (χ1) is 7.25. The van der Waals surface area contributed by atoms with Crippen LogP contribution in [0.25, 0.3) is 0 Å². The molecule has 0 aromatic carbocycles. The van der Waals surface area contributed by atoms with Gasteiger partial charge in [-0.15, -0.1) is 0 Å². The molecular weight excluding hydrogens is 212 g/mol. The summed E-state index contributed by atoms with van der Waals surface area (Å²) in [6.45, 7) is 0. The number of ether oxygens (including phenoxy) is 1. The van der Waals surface area contributed by atoms with E-state index >= 15 is 0 Å². The van der Waals surface area contributed by atoms with Crippen LogP contribution in [0.5, 0.6) is 5.88 Å². The molecule has 80 valence electrons. The Bertz CT molecular complexity index is 347. The highest BCUT2D eigenvalue weighted by Gasteiger charge is 2.17. The van der Waals surface area contributed by atoms with Gasteiger partial charge >= 0.3 is 0 Å². The van der Waals surface area contributed by atoms with Crippen molar-refractivity contribution in [2.75, 3.05) is 11.5 Å². The third-order valence-corrected chi connectivity index (χ3v) is 3.33. The highest BCUT2D eigenvalue weighted by atomic mass is 32.2. The van der Waals surface area contributed by atoms with E-state index in [0.717, 1.165) is 17.9 Å². The number of pyridine rings is 1. The van der Waals surface area contributed by atoms with Crippen LogP contribution in [0.4, 0.5) is 0 Å². The van der Waals surface area contributed by atoms with Gasteiger partial charge in [-0.25, -0.2) is 4.98 Å². The fourth-order valence-electron chi connectivity index (χ4n) is 1.37. The van der Waals surface area contributed by atoms with Crippen LogP contribution in [0.2, 0.25) is 0 Å². The van der Waals surface area contributed by atoms with Crippen molar-refractivity contribution in [1.29, 1.82) is 0 Å². The van der Waals surface area contributed by atoms with Gasteiger partial charge in [-0.05, 0) is 18.2 Å². The van der Waals surface area contributed by atoms with Crippen LogP contribution in [0.1, 0.15) is 16.8 Å². The molecule has 1 aliphatic heterocycles. The minimum absolute atomic E-state index is 0.252. The van der Waals surface area contributed by atoms with Crippen LogP contribution in [0.15, 0.2) is 18.3 Å². The van der Waals surface area contributed by atoms with Crippen LogP contribution < -0.4 is 10.5 Å². The molecule has 0 bridgehead atoms. The number of carbonyl (C=O) groups is 1. The summed E-state index contributed by atoms with van der Waals surface area (Å²) >= 11 is 1.88. The Balaban J connectivity index is 2.00. The zero-order valence-electron chi connectivity index (χ0n) is 8.18. The molecular formula is C10H12N2O2S. The fourth-order valence-corrected chi connectivity index (χ4v) is 2.47. The predicted molar refractivity (Wildman–Crippen MR) is 59.1 cm³/mol. The lowest BCUT2D eigenvalue weighted by molar-refractivity contribution is 0.1000. The number of nitrogens with two attached hydrogens (primary N) is 1. The summed E-state index contributed by atoms with van der Waals surface area (Å²) in [5, 5.41) is 0. The van der Waals surface area contributed by atoms with Gasteiger partial charge in [-0.2, -0.15) is 11.8 Å². The Morgan fingerprint density at radius 3 is 3.00 bits per heavy atom. The van der Waals surface area contributed by atoms with Crippen LogP contribution >= 0.6 is 11.8 Å². The highest BCUT2D eigenvalue weighted by molar-refractivity contribution is 7.99. The van der Waals surface area contributed by atoms with E-state index in [0.29, 0.717) is 11.4 Å². The summed E-state index contributed by atoms with van der Waals surface area (Å²) in [5.41, 5.74) is 5.51. The topological polar surface area (TPSA) is 65.2 Å². The molecule has 2 rings (SSSR count). The van der Waals surface area contributed by atoms with E-state index in [1.807, 2.05) is 11.8 Å². The zero-order valence-corrected chi connectivity index (χ0v) is 9.00. The van der Waals surface area contributed by atoms with E-state index in [2.05, 4.69) is 4.98 Å². The maximum Gasteiger partial charge on any atom is 0.250 e. The monoisotopic (exact) mass is 224 g/mol. The largest absolute Gasteiger partial charge is 0.473 e. The molecule has 4 nitrogen and oxygen atoms in total. The smallest absolute Gasteiger partial charge is 0.250 e. The average Bonchev–Trinajstić information content (AvgIpc) is 2.71. The summed E-state index contributed by atoms with van der Waals surface area (Å²) in [5.74, 6) is 2.25. The van der Waals surface area contributed by atoms with E-state index < -0.39 is 5.91 Å². The van der Waals surface area contributed by atoms with Crippen molar-refractivity contribution >= 4 is 17.7 Å². The van der Waals surface area contributed by atoms with Gasteiger partial charge in [0.2, 0.25) is 11.8 Å². The lowest BCUT2D eigenvalue weighted by atomic mass is 10.3. The molecule has 0 radical (unpaired) electrons. The molecule has 1 amide bonds. The highest BCUT2D eigenvalue weighted by Crippen LogP contribution is 2.21. The van der Waals surface area contributed by atoms with Crippen LogP contribution in [-0.4, -0.2) is 28.5 Å². The second-order valence-corrected chi connectivity index (χ2v) is 4.50. The molecule has 5 heteroatoms. The Labute approximate surface area is 92.2 Å². The molecule has 1 saturated heterocycles. The normalized spacial score (nSPS) is 20.1. The van der Waals surface area contributed by atoms with Crippen LogP contribution in [0.3, 0.4) is 0 Å². The number of hydrogen-bond acceptors (Lipinski definition) is 4. The number of nitrogens with zero attached hydrogens (tertiary/aromatic N) is 1. The Morgan fingerprint density at radius 1 is 1.60 bits per heavy atom. The number of hydrogen-bond donors (Lipinski definition) is 1. The van der Waals surface area contributed by atoms with Gasteiger partial charge in [-0.3, -0.25) is 4.79 Å². The number of amides is 1. The lowest BCUT2D eigenvalue weighted by Gasteiger charge is -2.10. The molecule has 15 heavy (non-hydrogen) atoms. The maximum absolute atomic E-state index is 10.8. The van der Waals surface area contributed by atoms with E-state index in [4.69, 9.17) is 10.5 Å². The van der Waals surface area contributed by atoms with Crippen molar-refractivity contribution in [3.63, 3.8) is 0 Å². The Morgan fingerprint density at radius 2 is 2.47 bits per heavy atom. The van der Waals surface area contributed by atoms with Gasteiger partial charge in [0.05, 0.1) is 5.56 Å². The molecule has 1 atom stereocenters. The summed E-state index contributed by atoms with van der Waals surface area (Å²) in [6.07, 6.45) is 2.76. The average molecular weight is 224 g/mol. The minimum Gasteiger partial charge on any atom is -0.473 e. The standard InChI is InChI=1S/C10H12N2O2S/c11-10(13)7-1-2-9(12-5-7)14-8-3-4-15-6-8/h1-2,5,8H,3-4,6H2,(H2,11,13). The van der Waals surface area contributed by atoms with Gasteiger partial charge < -0.3 is 10.5 Å². The summed E-state index contributed by atoms with van der Waals surface area (Å²) in [6, 6.07) is 3.32. The summed E-state index contributed by atoms with van der Waals surface area (Å²) in [4.78, 5) is 14.8. The van der Waals surface area contributed by atoms with Gasteiger partial charge in [-0.1, -0.05) is 0 Å². The molecule has 1 fully saturated rings. The predicted octanol–water partition coefficient (Wildman–Crippen LogP) is 1.06. The number of thioether (sulfide) groups is 1. The molecule has 1 aliphatic rings. The molecule has 1 aromatic heterocycles. The van der Waals surface area contributed by atoms with E-state index in [1.165, 1.54) is 6.20 Å². The van der Waals surface area contributed by atoms with Gasteiger partial charge in [0.15, 0.2) is 0 Å². The summed E-state index contributed by atoms with van der Waals surface area (Å²) < 4.78 is 5.63. The molecule has 2 N–H and O–H groups in total. The van der Waals surface area contributed by atoms with Crippen molar-refractivity contribution in [1.82, 2.24) is 4.98 Å². The molecule has 2 heterocycles. The van der Waals surface area contributed by atoms with Crippen molar-refractivity contribution in [3.05, 3.63) is 23.9 Å². The van der Waals surface area contributed by atoms with Crippen molar-refractivity contribution in [3.8, 4) is 5.88 Å². The van der Waals surface area contributed by atoms with Crippen molar-refractivity contribution < 1.29 is 9.53 Å². The van der Waals surface area contributed by atoms with Gasteiger partial charge in [0, 0.05) is 18.0 Å². The van der Waals surface area contributed by atoms with E-state index in [-0.39, 0.29) is 6.10 Å². The van der Waals surface area contributed by atoms with Gasteiger partial charge in [0.25, 0.3) is 0 Å². The fraction of sp³-hybridized carbons (Fsp3) is 0.400. The second-order valence-electron chi connectivity index (χ2n) is 3.35. The Kier molecular flexibility index (Phi) is 3.11. The van der Waals surface area contributed by atoms with Crippen LogP contribution in [0, 0.1) is 0 Å².